The lowest BCUT2D eigenvalue weighted by molar-refractivity contribution is -0.116. The maximum atomic E-state index is 12.4. The molecule has 0 aromatic heterocycles. The molecule has 0 fully saturated rings. The van der Waals surface area contributed by atoms with E-state index in [1.807, 2.05) is 51.1 Å². The molecule has 0 bridgehead atoms. The number of methoxy groups -OCH3 is 2. The van der Waals surface area contributed by atoms with Gasteiger partial charge in [-0.3, -0.25) is 4.79 Å². The van der Waals surface area contributed by atoms with Gasteiger partial charge in [0.2, 0.25) is 5.91 Å². The van der Waals surface area contributed by atoms with Crippen molar-refractivity contribution in [2.45, 2.75) is 39.2 Å². The standard InChI is InChI=1S/C22H27NO5/c1-6-27-19-9-14(7-8-18(19)28-13(2)3)16-12-21(24)23-17-10-15(25-4)11-20(26-5)22(16)17/h7-11,13,16H,6,12H2,1-5H3,(H,23,24)/t16-/m0/s1. The van der Waals surface area contributed by atoms with Crippen LogP contribution in [0.4, 0.5) is 5.69 Å². The number of amides is 1. The monoisotopic (exact) mass is 385 g/mol. The predicted octanol–water partition coefficient (Wildman–Crippen LogP) is 4.36. The number of ether oxygens (including phenoxy) is 4. The fourth-order valence-corrected chi connectivity index (χ4v) is 3.49. The zero-order chi connectivity index (χ0) is 20.3. The summed E-state index contributed by atoms with van der Waals surface area (Å²) in [7, 11) is 3.21. The third kappa shape index (κ3) is 4.01. The summed E-state index contributed by atoms with van der Waals surface area (Å²) in [5, 5.41) is 2.93. The third-order valence-corrected chi connectivity index (χ3v) is 4.62. The van der Waals surface area contributed by atoms with Gasteiger partial charge >= 0.3 is 0 Å². The molecule has 2 aromatic rings. The zero-order valence-electron chi connectivity index (χ0n) is 17.0. The molecule has 28 heavy (non-hydrogen) atoms. The Morgan fingerprint density at radius 3 is 2.50 bits per heavy atom. The lowest BCUT2D eigenvalue weighted by Gasteiger charge is -2.29. The van der Waals surface area contributed by atoms with Crippen LogP contribution in [0.3, 0.4) is 0 Å². The fourth-order valence-electron chi connectivity index (χ4n) is 3.49. The van der Waals surface area contributed by atoms with Crippen LogP contribution in [0.15, 0.2) is 30.3 Å². The molecule has 6 heteroatoms. The van der Waals surface area contributed by atoms with E-state index < -0.39 is 0 Å². The van der Waals surface area contributed by atoms with Crippen molar-refractivity contribution in [3.05, 3.63) is 41.5 Å². The van der Waals surface area contributed by atoms with E-state index >= 15 is 0 Å². The molecular formula is C22H27NO5. The third-order valence-electron chi connectivity index (χ3n) is 4.62. The quantitative estimate of drug-likeness (QED) is 0.767. The second-order valence-electron chi connectivity index (χ2n) is 6.90. The van der Waals surface area contributed by atoms with Crippen LogP contribution >= 0.6 is 0 Å². The van der Waals surface area contributed by atoms with Crippen LogP contribution in [0.1, 0.15) is 44.2 Å². The summed E-state index contributed by atoms with van der Waals surface area (Å²) >= 11 is 0. The molecule has 0 radical (unpaired) electrons. The van der Waals surface area contributed by atoms with E-state index in [1.165, 1.54) is 0 Å². The van der Waals surface area contributed by atoms with Crippen molar-refractivity contribution in [3.8, 4) is 23.0 Å². The molecule has 0 aliphatic carbocycles. The minimum absolute atomic E-state index is 0.0406. The van der Waals surface area contributed by atoms with Gasteiger partial charge in [0.05, 0.1) is 32.6 Å². The Hall–Kier alpha value is -2.89. The minimum Gasteiger partial charge on any atom is -0.497 e. The van der Waals surface area contributed by atoms with Gasteiger partial charge in [-0.2, -0.15) is 0 Å². The molecule has 6 nitrogen and oxygen atoms in total. The molecule has 0 saturated heterocycles. The number of rotatable bonds is 7. The first kappa shape index (κ1) is 19.9. The molecule has 0 unspecified atom stereocenters. The number of nitrogens with one attached hydrogen (secondary N) is 1. The fraction of sp³-hybridized carbons (Fsp3) is 0.409. The Labute approximate surface area is 165 Å². The van der Waals surface area contributed by atoms with Gasteiger partial charge < -0.3 is 24.3 Å². The Morgan fingerprint density at radius 1 is 1.07 bits per heavy atom. The second kappa shape index (κ2) is 8.42. The van der Waals surface area contributed by atoms with Gasteiger partial charge in [-0.1, -0.05) is 6.07 Å². The Bertz CT molecular complexity index is 862. The van der Waals surface area contributed by atoms with Crippen molar-refractivity contribution in [2.24, 2.45) is 0 Å². The summed E-state index contributed by atoms with van der Waals surface area (Å²) in [6.07, 6.45) is 0.366. The Balaban J connectivity index is 2.09. The summed E-state index contributed by atoms with van der Waals surface area (Å²) in [4.78, 5) is 12.4. The molecule has 1 aliphatic heterocycles. The van der Waals surface area contributed by atoms with E-state index in [2.05, 4.69) is 5.32 Å². The van der Waals surface area contributed by atoms with Crippen molar-refractivity contribution in [1.82, 2.24) is 0 Å². The first-order valence-electron chi connectivity index (χ1n) is 9.46. The average Bonchev–Trinajstić information content (AvgIpc) is 2.67. The van der Waals surface area contributed by atoms with E-state index in [9.17, 15) is 4.79 Å². The van der Waals surface area contributed by atoms with Crippen LogP contribution in [-0.2, 0) is 4.79 Å². The van der Waals surface area contributed by atoms with E-state index in [-0.39, 0.29) is 17.9 Å². The number of hydrogen-bond acceptors (Lipinski definition) is 5. The van der Waals surface area contributed by atoms with Crippen LogP contribution in [0.2, 0.25) is 0 Å². The van der Waals surface area contributed by atoms with Gasteiger partial charge in [0.15, 0.2) is 11.5 Å². The SMILES string of the molecule is CCOc1cc([C@@H]2CC(=O)Nc3cc(OC)cc(OC)c32)ccc1OC(C)C. The number of benzene rings is 2. The zero-order valence-corrected chi connectivity index (χ0v) is 17.0. The molecule has 1 amide bonds. The first-order chi connectivity index (χ1) is 13.5. The smallest absolute Gasteiger partial charge is 0.225 e. The first-order valence-corrected chi connectivity index (χ1v) is 9.46. The van der Waals surface area contributed by atoms with E-state index in [0.29, 0.717) is 41.7 Å². The van der Waals surface area contributed by atoms with E-state index in [0.717, 1.165) is 11.1 Å². The van der Waals surface area contributed by atoms with E-state index in [1.54, 1.807) is 14.2 Å². The molecule has 0 saturated carbocycles. The molecule has 0 spiro atoms. The summed E-state index contributed by atoms with van der Waals surface area (Å²) in [6.45, 7) is 6.41. The number of carbonyl (C=O) groups is 1. The topological polar surface area (TPSA) is 66.0 Å². The molecule has 2 aromatic carbocycles. The number of anilines is 1. The lowest BCUT2D eigenvalue weighted by atomic mass is 9.84. The maximum Gasteiger partial charge on any atom is 0.225 e. The molecule has 1 aliphatic rings. The van der Waals surface area contributed by atoms with Crippen LogP contribution in [0.25, 0.3) is 0 Å². The van der Waals surface area contributed by atoms with Crippen molar-refractivity contribution < 1.29 is 23.7 Å². The summed E-state index contributed by atoms with van der Waals surface area (Å²) in [5.41, 5.74) is 2.61. The molecule has 1 atom stereocenters. The highest BCUT2D eigenvalue weighted by Crippen LogP contribution is 2.46. The predicted molar refractivity (Wildman–Crippen MR) is 108 cm³/mol. The van der Waals surface area contributed by atoms with Crippen LogP contribution in [-0.4, -0.2) is 32.8 Å². The van der Waals surface area contributed by atoms with Crippen LogP contribution in [0, 0.1) is 0 Å². The molecular weight excluding hydrogens is 358 g/mol. The van der Waals surface area contributed by atoms with Gasteiger partial charge in [-0.05, 0) is 38.5 Å². The highest BCUT2D eigenvalue weighted by Gasteiger charge is 2.31. The van der Waals surface area contributed by atoms with Gasteiger partial charge in [-0.25, -0.2) is 0 Å². The molecule has 150 valence electrons. The van der Waals surface area contributed by atoms with Crippen molar-refractivity contribution in [2.75, 3.05) is 26.1 Å². The lowest BCUT2D eigenvalue weighted by Crippen LogP contribution is -2.24. The largest absolute Gasteiger partial charge is 0.497 e. The van der Waals surface area contributed by atoms with Gasteiger partial charge in [0.25, 0.3) is 0 Å². The second-order valence-corrected chi connectivity index (χ2v) is 6.90. The van der Waals surface area contributed by atoms with Crippen molar-refractivity contribution >= 4 is 11.6 Å². The van der Waals surface area contributed by atoms with Crippen molar-refractivity contribution in [1.29, 1.82) is 0 Å². The van der Waals surface area contributed by atoms with E-state index in [4.69, 9.17) is 18.9 Å². The summed E-state index contributed by atoms with van der Waals surface area (Å²) in [5.74, 6) is 2.48. The maximum absolute atomic E-state index is 12.4. The van der Waals surface area contributed by atoms with Crippen LogP contribution in [0.5, 0.6) is 23.0 Å². The number of carbonyl (C=O) groups excluding carboxylic acids is 1. The average molecular weight is 385 g/mol. The van der Waals surface area contributed by atoms with Crippen molar-refractivity contribution in [3.63, 3.8) is 0 Å². The van der Waals surface area contributed by atoms with Gasteiger partial charge in [-0.15, -0.1) is 0 Å². The van der Waals surface area contributed by atoms with Crippen LogP contribution < -0.4 is 24.3 Å². The highest BCUT2D eigenvalue weighted by atomic mass is 16.5. The number of hydrogen-bond donors (Lipinski definition) is 1. The Kier molecular flexibility index (Phi) is 5.97. The van der Waals surface area contributed by atoms with Gasteiger partial charge in [0.1, 0.15) is 11.5 Å². The molecule has 3 rings (SSSR count). The number of fused-ring (bicyclic) bond motifs is 1. The molecule has 1 heterocycles. The summed E-state index contributed by atoms with van der Waals surface area (Å²) in [6, 6.07) is 9.50. The minimum atomic E-state index is -0.156. The highest BCUT2D eigenvalue weighted by molar-refractivity contribution is 5.96. The normalized spacial score (nSPS) is 15.6. The van der Waals surface area contributed by atoms with Gasteiger partial charge in [0, 0.05) is 30.0 Å². The summed E-state index contributed by atoms with van der Waals surface area (Å²) < 4.78 is 22.6. The molecule has 1 N–H and O–H groups in total. The Morgan fingerprint density at radius 2 is 1.86 bits per heavy atom.